The first-order valence-corrected chi connectivity index (χ1v) is 7.85. The first-order chi connectivity index (χ1) is 11.2. The van der Waals surface area contributed by atoms with Crippen LogP contribution >= 0.6 is 11.3 Å². The van der Waals surface area contributed by atoms with Crippen LogP contribution in [-0.4, -0.2) is 17.6 Å². The Morgan fingerprint density at radius 2 is 2.22 bits per heavy atom. The molecule has 0 radical (unpaired) electrons. The summed E-state index contributed by atoms with van der Waals surface area (Å²) in [5.41, 5.74) is -0.601. The van der Waals surface area contributed by atoms with Crippen molar-refractivity contribution in [2.75, 3.05) is 6.54 Å². The van der Waals surface area contributed by atoms with Gasteiger partial charge in [0, 0.05) is 16.5 Å². The van der Waals surface area contributed by atoms with Gasteiger partial charge in [0.25, 0.3) is 0 Å². The number of rotatable bonds is 6. The van der Waals surface area contributed by atoms with E-state index in [2.05, 4.69) is 5.32 Å². The van der Waals surface area contributed by atoms with Gasteiger partial charge in [-0.3, -0.25) is 4.79 Å². The molecule has 0 bridgehead atoms. The molecule has 6 heteroatoms. The molecular formula is C17H15NO4S. The summed E-state index contributed by atoms with van der Waals surface area (Å²) in [5, 5.41) is 15.6. The van der Waals surface area contributed by atoms with Gasteiger partial charge in [-0.05, 0) is 35.7 Å². The Morgan fingerprint density at radius 1 is 1.30 bits per heavy atom. The Hall–Kier alpha value is -2.57. The molecule has 1 atom stereocenters. The molecule has 0 aliphatic heterocycles. The average Bonchev–Trinajstić information content (AvgIpc) is 3.33. The van der Waals surface area contributed by atoms with Crippen LogP contribution in [0.1, 0.15) is 16.2 Å². The standard InChI is InChI=1S/C17H15NO4S/c19-16(6-5-13-7-9-21-11-13)18-12-17(20,14-3-1-8-22-14)15-4-2-10-23-15/h1-11,20H,12H2,(H,18,19). The van der Waals surface area contributed by atoms with E-state index in [9.17, 15) is 9.90 Å². The van der Waals surface area contributed by atoms with Gasteiger partial charge in [0.1, 0.15) is 5.76 Å². The van der Waals surface area contributed by atoms with Crippen LogP contribution in [0.3, 0.4) is 0 Å². The van der Waals surface area contributed by atoms with Gasteiger partial charge in [-0.2, -0.15) is 0 Å². The highest BCUT2D eigenvalue weighted by Crippen LogP contribution is 2.32. The molecule has 0 fully saturated rings. The van der Waals surface area contributed by atoms with Gasteiger partial charge in [0.15, 0.2) is 5.60 Å². The minimum absolute atomic E-state index is 0.00951. The van der Waals surface area contributed by atoms with Crippen molar-refractivity contribution in [1.82, 2.24) is 5.32 Å². The fraction of sp³-hybridized carbons (Fsp3) is 0.118. The number of hydrogen-bond acceptors (Lipinski definition) is 5. The fourth-order valence-electron chi connectivity index (χ4n) is 2.14. The lowest BCUT2D eigenvalue weighted by Crippen LogP contribution is -2.40. The van der Waals surface area contributed by atoms with Crippen molar-refractivity contribution in [1.29, 1.82) is 0 Å². The number of nitrogens with one attached hydrogen (secondary N) is 1. The molecule has 0 spiro atoms. The van der Waals surface area contributed by atoms with E-state index in [-0.39, 0.29) is 12.5 Å². The zero-order valence-electron chi connectivity index (χ0n) is 12.1. The molecule has 1 unspecified atom stereocenters. The topological polar surface area (TPSA) is 75.6 Å². The molecule has 2 N–H and O–H groups in total. The van der Waals surface area contributed by atoms with Gasteiger partial charge in [-0.1, -0.05) is 6.07 Å². The van der Waals surface area contributed by atoms with Crippen molar-refractivity contribution in [2.24, 2.45) is 0 Å². The van der Waals surface area contributed by atoms with E-state index in [1.165, 1.54) is 36.2 Å². The Kier molecular flexibility index (Phi) is 4.45. The van der Waals surface area contributed by atoms with Crippen LogP contribution in [0.4, 0.5) is 0 Å². The number of hydrogen-bond donors (Lipinski definition) is 2. The van der Waals surface area contributed by atoms with E-state index in [4.69, 9.17) is 8.83 Å². The first-order valence-electron chi connectivity index (χ1n) is 6.97. The Morgan fingerprint density at radius 3 is 2.87 bits per heavy atom. The van der Waals surface area contributed by atoms with E-state index >= 15 is 0 Å². The Labute approximate surface area is 136 Å². The zero-order chi connectivity index (χ0) is 16.1. The SMILES string of the molecule is O=C(C=Cc1ccoc1)NCC(O)(c1ccco1)c1cccs1. The lowest BCUT2D eigenvalue weighted by atomic mass is 9.98. The highest BCUT2D eigenvalue weighted by molar-refractivity contribution is 7.10. The maximum absolute atomic E-state index is 12.0. The molecule has 5 nitrogen and oxygen atoms in total. The van der Waals surface area contributed by atoms with Crippen LogP contribution in [0.2, 0.25) is 0 Å². The van der Waals surface area contributed by atoms with Crippen LogP contribution in [-0.2, 0) is 10.4 Å². The molecular weight excluding hydrogens is 314 g/mol. The summed E-state index contributed by atoms with van der Waals surface area (Å²) in [6, 6.07) is 8.78. The molecule has 118 valence electrons. The third-order valence-corrected chi connectivity index (χ3v) is 4.37. The van der Waals surface area contributed by atoms with Gasteiger partial charge in [0.2, 0.25) is 5.91 Å². The molecule has 3 heterocycles. The maximum Gasteiger partial charge on any atom is 0.244 e. The predicted molar refractivity (Wildman–Crippen MR) is 86.8 cm³/mol. The van der Waals surface area contributed by atoms with E-state index in [1.54, 1.807) is 30.3 Å². The third kappa shape index (κ3) is 3.44. The molecule has 23 heavy (non-hydrogen) atoms. The Bertz CT molecular complexity index is 724. The van der Waals surface area contributed by atoms with E-state index in [0.717, 1.165) is 5.56 Å². The minimum atomic E-state index is -1.39. The lowest BCUT2D eigenvalue weighted by Gasteiger charge is -2.24. The Balaban J connectivity index is 1.71. The molecule has 0 saturated carbocycles. The third-order valence-electron chi connectivity index (χ3n) is 3.35. The quantitative estimate of drug-likeness (QED) is 0.682. The second kappa shape index (κ2) is 6.68. The van der Waals surface area contributed by atoms with E-state index in [1.807, 2.05) is 11.4 Å². The van der Waals surface area contributed by atoms with Crippen LogP contribution < -0.4 is 5.32 Å². The van der Waals surface area contributed by atoms with Crippen LogP contribution in [0.15, 0.2) is 69.4 Å². The average molecular weight is 329 g/mol. The summed E-state index contributed by atoms with van der Waals surface area (Å²) in [7, 11) is 0. The molecule has 3 aromatic rings. The predicted octanol–water partition coefficient (Wildman–Crippen LogP) is 3.00. The van der Waals surface area contributed by atoms with Gasteiger partial charge >= 0.3 is 0 Å². The molecule has 3 rings (SSSR count). The number of thiophene rings is 1. The van der Waals surface area contributed by atoms with Gasteiger partial charge in [-0.25, -0.2) is 0 Å². The van der Waals surface area contributed by atoms with Crippen LogP contribution in [0.5, 0.6) is 0 Å². The zero-order valence-corrected chi connectivity index (χ0v) is 13.0. The highest BCUT2D eigenvalue weighted by atomic mass is 32.1. The fourth-order valence-corrected chi connectivity index (χ4v) is 2.97. The summed E-state index contributed by atoms with van der Waals surface area (Å²) in [4.78, 5) is 12.7. The smallest absolute Gasteiger partial charge is 0.244 e. The minimum Gasteiger partial charge on any atom is -0.472 e. The number of carbonyl (C=O) groups excluding carboxylic acids is 1. The molecule has 0 aliphatic carbocycles. The number of aliphatic hydroxyl groups is 1. The molecule has 1 amide bonds. The van der Waals surface area contributed by atoms with Crippen molar-refractivity contribution in [3.05, 3.63) is 76.8 Å². The first kappa shape index (κ1) is 15.3. The molecule has 0 saturated heterocycles. The van der Waals surface area contributed by atoms with Crippen LogP contribution in [0, 0.1) is 0 Å². The van der Waals surface area contributed by atoms with Crippen molar-refractivity contribution in [2.45, 2.75) is 5.60 Å². The van der Waals surface area contributed by atoms with Gasteiger partial charge in [0.05, 0.1) is 25.3 Å². The molecule has 3 aromatic heterocycles. The number of furan rings is 2. The monoisotopic (exact) mass is 329 g/mol. The second-order valence-corrected chi connectivity index (χ2v) is 5.87. The summed E-state index contributed by atoms with van der Waals surface area (Å²) < 4.78 is 10.3. The van der Waals surface area contributed by atoms with Crippen molar-refractivity contribution < 1.29 is 18.7 Å². The summed E-state index contributed by atoms with van der Waals surface area (Å²) >= 11 is 1.40. The van der Waals surface area contributed by atoms with Crippen molar-refractivity contribution in [3.8, 4) is 0 Å². The number of amides is 1. The summed E-state index contributed by atoms with van der Waals surface area (Å²) in [6.07, 6.45) is 7.59. The lowest BCUT2D eigenvalue weighted by molar-refractivity contribution is -0.117. The summed E-state index contributed by atoms with van der Waals surface area (Å²) in [6.45, 7) is 0.00951. The van der Waals surface area contributed by atoms with E-state index in [0.29, 0.717) is 10.6 Å². The van der Waals surface area contributed by atoms with Crippen LogP contribution in [0.25, 0.3) is 6.08 Å². The van der Waals surface area contributed by atoms with Crippen molar-refractivity contribution >= 4 is 23.3 Å². The van der Waals surface area contributed by atoms with Gasteiger partial charge < -0.3 is 19.3 Å². The molecule has 0 aliphatic rings. The number of carbonyl (C=O) groups is 1. The largest absolute Gasteiger partial charge is 0.472 e. The highest BCUT2D eigenvalue weighted by Gasteiger charge is 2.35. The van der Waals surface area contributed by atoms with E-state index < -0.39 is 5.60 Å². The molecule has 0 aromatic carbocycles. The van der Waals surface area contributed by atoms with Gasteiger partial charge in [-0.15, -0.1) is 11.3 Å². The summed E-state index contributed by atoms with van der Waals surface area (Å²) in [5.74, 6) is 0.0757. The van der Waals surface area contributed by atoms with Crippen molar-refractivity contribution in [3.63, 3.8) is 0 Å². The second-order valence-electron chi connectivity index (χ2n) is 4.92. The maximum atomic E-state index is 12.0. The normalized spacial score (nSPS) is 14.0.